The lowest BCUT2D eigenvalue weighted by Gasteiger charge is -2.02. The molecule has 4 nitrogen and oxygen atoms in total. The smallest absolute Gasteiger partial charge is 0.259 e. The van der Waals surface area contributed by atoms with E-state index in [0.717, 1.165) is 0 Å². The Hall–Kier alpha value is -1.58. The average molecular weight is 165 g/mol. The van der Waals surface area contributed by atoms with E-state index < -0.39 is 0 Å². The molecule has 0 fully saturated rings. The molecular formula is C8H11N3O. The van der Waals surface area contributed by atoms with Gasteiger partial charge in [0.2, 0.25) is 0 Å². The Morgan fingerprint density at radius 2 is 2.25 bits per heavy atom. The quantitative estimate of drug-likeness (QED) is 0.534. The first-order chi connectivity index (χ1) is 5.52. The summed E-state index contributed by atoms with van der Waals surface area (Å²) in [6, 6.07) is 1.65. The highest BCUT2D eigenvalue weighted by atomic mass is 16.1. The number of hydrogen-bond acceptors (Lipinski definition) is 3. The summed E-state index contributed by atoms with van der Waals surface area (Å²) in [5.41, 5.74) is 6.80. The Kier molecular flexibility index (Phi) is 1.99. The van der Waals surface area contributed by atoms with E-state index in [1.807, 2.05) is 0 Å². The molecule has 0 aliphatic rings. The number of hydrogen-bond donors (Lipinski definition) is 3. The molecule has 0 saturated carbocycles. The highest BCUT2D eigenvalue weighted by Gasteiger charge is 2.06. The van der Waals surface area contributed by atoms with Crippen LogP contribution in [0.4, 0.5) is 5.69 Å². The van der Waals surface area contributed by atoms with Crippen LogP contribution in [0.5, 0.6) is 0 Å². The van der Waals surface area contributed by atoms with Crippen LogP contribution in [0.1, 0.15) is 18.2 Å². The number of aryl methyl sites for hydroxylation is 1. The van der Waals surface area contributed by atoms with Crippen molar-refractivity contribution in [2.45, 2.75) is 13.8 Å². The molecule has 0 bridgehead atoms. The number of rotatable bonds is 1. The zero-order valence-corrected chi connectivity index (χ0v) is 7.06. The molecule has 1 rings (SSSR count). The fraction of sp³-hybridized carbons (Fsp3) is 0.250. The summed E-state index contributed by atoms with van der Waals surface area (Å²) in [7, 11) is 0. The third-order valence-corrected chi connectivity index (χ3v) is 1.57. The maximum Gasteiger partial charge on any atom is 0.259 e. The Bertz CT molecular complexity index is 378. The zero-order chi connectivity index (χ0) is 9.30. The van der Waals surface area contributed by atoms with Gasteiger partial charge in [-0.15, -0.1) is 0 Å². The van der Waals surface area contributed by atoms with Gasteiger partial charge in [-0.25, -0.2) is 0 Å². The number of aromatic nitrogens is 1. The van der Waals surface area contributed by atoms with E-state index in [-0.39, 0.29) is 16.8 Å². The van der Waals surface area contributed by atoms with E-state index in [2.05, 4.69) is 4.98 Å². The van der Waals surface area contributed by atoms with Crippen LogP contribution in [0.2, 0.25) is 0 Å². The fourth-order valence-corrected chi connectivity index (χ4v) is 1.10. The Labute approximate surface area is 69.9 Å². The Balaban J connectivity index is 3.49. The summed E-state index contributed by atoms with van der Waals surface area (Å²) >= 11 is 0. The second kappa shape index (κ2) is 2.81. The summed E-state index contributed by atoms with van der Waals surface area (Å²) in [4.78, 5) is 13.8. The third-order valence-electron chi connectivity index (χ3n) is 1.57. The summed E-state index contributed by atoms with van der Waals surface area (Å²) < 4.78 is 0. The first kappa shape index (κ1) is 8.52. The molecule has 0 unspecified atom stereocenters. The van der Waals surface area contributed by atoms with Crippen molar-refractivity contribution in [1.82, 2.24) is 4.98 Å². The minimum atomic E-state index is -0.292. The van der Waals surface area contributed by atoms with Crippen molar-refractivity contribution in [2.24, 2.45) is 0 Å². The van der Waals surface area contributed by atoms with Gasteiger partial charge in [0, 0.05) is 17.1 Å². The Morgan fingerprint density at radius 1 is 1.67 bits per heavy atom. The molecule has 0 amide bonds. The number of nitrogen functional groups attached to an aromatic ring is 1. The standard InChI is InChI=1S/C8H11N3O/c1-4-3-6(10)7(5(2)9)8(12)11-4/h3,9H,1-2H3,(H3,10,11,12). The lowest BCUT2D eigenvalue weighted by molar-refractivity contribution is 1.13. The van der Waals surface area contributed by atoms with Crippen molar-refractivity contribution in [3.8, 4) is 0 Å². The zero-order valence-electron chi connectivity index (χ0n) is 7.06. The maximum absolute atomic E-state index is 11.2. The second-order valence-electron chi connectivity index (χ2n) is 2.74. The van der Waals surface area contributed by atoms with Crippen molar-refractivity contribution in [3.05, 3.63) is 27.7 Å². The third kappa shape index (κ3) is 1.37. The maximum atomic E-state index is 11.2. The monoisotopic (exact) mass is 165 g/mol. The van der Waals surface area contributed by atoms with E-state index in [1.54, 1.807) is 13.0 Å². The van der Waals surface area contributed by atoms with E-state index in [9.17, 15) is 4.79 Å². The number of pyridine rings is 1. The minimum absolute atomic E-state index is 0.189. The van der Waals surface area contributed by atoms with Gasteiger partial charge in [0.25, 0.3) is 5.56 Å². The molecule has 0 aromatic carbocycles. The van der Waals surface area contributed by atoms with Crippen molar-refractivity contribution < 1.29 is 0 Å². The minimum Gasteiger partial charge on any atom is -0.398 e. The molecule has 64 valence electrons. The van der Waals surface area contributed by atoms with E-state index in [1.165, 1.54) is 6.92 Å². The van der Waals surface area contributed by atoms with Crippen LogP contribution in [0.15, 0.2) is 10.9 Å². The largest absolute Gasteiger partial charge is 0.398 e. The van der Waals surface area contributed by atoms with Gasteiger partial charge in [-0.3, -0.25) is 4.79 Å². The number of anilines is 1. The lowest BCUT2D eigenvalue weighted by Crippen LogP contribution is -2.19. The first-order valence-electron chi connectivity index (χ1n) is 3.57. The van der Waals surface area contributed by atoms with Gasteiger partial charge in [-0.1, -0.05) is 0 Å². The molecule has 0 atom stereocenters. The lowest BCUT2D eigenvalue weighted by atomic mass is 10.1. The van der Waals surface area contributed by atoms with Gasteiger partial charge in [0.1, 0.15) is 0 Å². The van der Waals surface area contributed by atoms with Crippen molar-refractivity contribution in [1.29, 1.82) is 5.41 Å². The van der Waals surface area contributed by atoms with Gasteiger partial charge in [0.05, 0.1) is 5.56 Å². The van der Waals surface area contributed by atoms with Crippen LogP contribution in [-0.4, -0.2) is 10.7 Å². The number of H-pyrrole nitrogens is 1. The van der Waals surface area contributed by atoms with Crippen LogP contribution >= 0.6 is 0 Å². The number of aromatic amines is 1. The molecule has 1 aromatic heterocycles. The number of nitrogens with two attached hydrogens (primary N) is 1. The molecule has 12 heavy (non-hydrogen) atoms. The van der Waals surface area contributed by atoms with Gasteiger partial charge >= 0.3 is 0 Å². The summed E-state index contributed by atoms with van der Waals surface area (Å²) in [5.74, 6) is 0. The van der Waals surface area contributed by atoms with Gasteiger partial charge in [0.15, 0.2) is 0 Å². The highest BCUT2D eigenvalue weighted by Crippen LogP contribution is 2.06. The molecule has 1 heterocycles. The van der Waals surface area contributed by atoms with Gasteiger partial charge < -0.3 is 16.1 Å². The Morgan fingerprint density at radius 3 is 2.67 bits per heavy atom. The fourth-order valence-electron chi connectivity index (χ4n) is 1.10. The van der Waals surface area contributed by atoms with Crippen LogP contribution < -0.4 is 11.3 Å². The van der Waals surface area contributed by atoms with E-state index in [4.69, 9.17) is 11.1 Å². The average Bonchev–Trinajstić information content (AvgIpc) is 1.82. The highest BCUT2D eigenvalue weighted by molar-refractivity contribution is 6.00. The molecule has 0 radical (unpaired) electrons. The molecule has 0 aliphatic carbocycles. The van der Waals surface area contributed by atoms with Crippen LogP contribution in [0, 0.1) is 12.3 Å². The molecule has 0 spiro atoms. The molecule has 4 heteroatoms. The van der Waals surface area contributed by atoms with Crippen LogP contribution in [0.25, 0.3) is 0 Å². The molecule has 4 N–H and O–H groups in total. The normalized spacial score (nSPS) is 9.83. The van der Waals surface area contributed by atoms with Crippen molar-refractivity contribution >= 4 is 11.4 Å². The SMILES string of the molecule is CC(=N)c1c(N)cc(C)[nH]c1=O. The molecule has 1 aromatic rings. The topological polar surface area (TPSA) is 82.7 Å². The van der Waals surface area contributed by atoms with Gasteiger partial charge in [-0.2, -0.15) is 0 Å². The molecule has 0 saturated heterocycles. The van der Waals surface area contributed by atoms with Crippen molar-refractivity contribution in [2.75, 3.05) is 5.73 Å². The predicted molar refractivity (Wildman–Crippen MR) is 48.7 cm³/mol. The summed E-state index contributed by atoms with van der Waals surface area (Å²) in [6.07, 6.45) is 0. The second-order valence-corrected chi connectivity index (χ2v) is 2.74. The van der Waals surface area contributed by atoms with Gasteiger partial charge in [-0.05, 0) is 19.9 Å². The summed E-state index contributed by atoms with van der Waals surface area (Å²) in [6.45, 7) is 3.29. The molecule has 0 aliphatic heterocycles. The van der Waals surface area contributed by atoms with Crippen LogP contribution in [0.3, 0.4) is 0 Å². The van der Waals surface area contributed by atoms with E-state index >= 15 is 0 Å². The summed E-state index contributed by atoms with van der Waals surface area (Å²) in [5, 5.41) is 7.29. The predicted octanol–water partition coefficient (Wildman–Crippen LogP) is 0.653. The first-order valence-corrected chi connectivity index (χ1v) is 3.57. The van der Waals surface area contributed by atoms with Crippen LogP contribution in [-0.2, 0) is 0 Å². The number of nitrogens with one attached hydrogen (secondary N) is 2. The molecular weight excluding hydrogens is 154 g/mol. The van der Waals surface area contributed by atoms with Crippen molar-refractivity contribution in [3.63, 3.8) is 0 Å². The van der Waals surface area contributed by atoms with E-state index in [0.29, 0.717) is 11.4 Å².